The van der Waals surface area contributed by atoms with Gasteiger partial charge in [0.2, 0.25) is 5.91 Å². The van der Waals surface area contributed by atoms with E-state index in [1.165, 1.54) is 11.8 Å². The summed E-state index contributed by atoms with van der Waals surface area (Å²) in [5.41, 5.74) is 5.14. The lowest BCUT2D eigenvalue weighted by Gasteiger charge is -2.19. The van der Waals surface area contributed by atoms with Crippen molar-refractivity contribution in [2.24, 2.45) is 4.99 Å². The summed E-state index contributed by atoms with van der Waals surface area (Å²) in [7, 11) is 0. The molecule has 5 heteroatoms. The Morgan fingerprint density at radius 3 is 2.64 bits per heavy atom. The molecule has 0 saturated heterocycles. The maximum atomic E-state index is 12.6. The number of carbonyl (C=O) groups excluding carboxylic acids is 1. The van der Waals surface area contributed by atoms with E-state index in [9.17, 15) is 4.79 Å². The van der Waals surface area contributed by atoms with Crippen molar-refractivity contribution in [3.05, 3.63) is 65.7 Å². The number of thioether (sulfide) groups is 1. The number of anilines is 2. The molecule has 3 aromatic rings. The highest BCUT2D eigenvalue weighted by atomic mass is 32.2. The number of amidine groups is 1. The van der Waals surface area contributed by atoms with Gasteiger partial charge in [0.15, 0.2) is 5.17 Å². The summed E-state index contributed by atoms with van der Waals surface area (Å²) in [4.78, 5) is 17.3. The molecular weight excluding hydrogens is 366 g/mol. The Morgan fingerprint density at radius 2 is 1.86 bits per heavy atom. The van der Waals surface area contributed by atoms with E-state index in [1.54, 1.807) is 0 Å². The highest BCUT2D eigenvalue weighted by Gasteiger charge is 2.17. The summed E-state index contributed by atoms with van der Waals surface area (Å²) in [5, 5.41) is 9.48. The molecule has 0 atom stereocenters. The first-order valence-electron chi connectivity index (χ1n) is 9.42. The van der Waals surface area contributed by atoms with E-state index in [0.29, 0.717) is 11.7 Å². The van der Waals surface area contributed by atoms with Crippen molar-refractivity contribution < 1.29 is 4.79 Å². The van der Waals surface area contributed by atoms with Gasteiger partial charge < -0.3 is 10.6 Å². The van der Waals surface area contributed by atoms with Gasteiger partial charge in [-0.2, -0.15) is 0 Å². The van der Waals surface area contributed by atoms with E-state index < -0.39 is 0 Å². The zero-order valence-corrected chi connectivity index (χ0v) is 17.1. The lowest BCUT2D eigenvalue weighted by molar-refractivity contribution is -0.113. The zero-order chi connectivity index (χ0) is 19.7. The van der Waals surface area contributed by atoms with Crippen LogP contribution in [0.15, 0.2) is 59.6 Å². The van der Waals surface area contributed by atoms with Crippen LogP contribution in [0.3, 0.4) is 0 Å². The van der Waals surface area contributed by atoms with Crippen LogP contribution in [0.5, 0.6) is 0 Å². The number of aryl methyl sites for hydroxylation is 1. The van der Waals surface area contributed by atoms with Crippen LogP contribution in [0.25, 0.3) is 10.8 Å². The topological polar surface area (TPSA) is 53.5 Å². The largest absolute Gasteiger partial charge is 0.334 e. The third kappa shape index (κ3) is 3.62. The molecule has 4 rings (SSSR count). The number of nitrogens with zero attached hydrogens (tertiary/aromatic N) is 1. The second-order valence-corrected chi connectivity index (χ2v) is 8.22. The molecule has 1 amide bonds. The van der Waals surface area contributed by atoms with Gasteiger partial charge >= 0.3 is 0 Å². The SMILES string of the molecule is Cc1cccc(C(C)C)c1NC(=O)CSC1=Nc2cccc3cccc(c23)N1. The Labute approximate surface area is 169 Å². The molecule has 3 aromatic carbocycles. The van der Waals surface area contributed by atoms with Crippen LogP contribution in [-0.4, -0.2) is 16.8 Å². The molecule has 28 heavy (non-hydrogen) atoms. The molecular formula is C23H23N3OS. The Morgan fingerprint density at radius 1 is 1.11 bits per heavy atom. The Bertz CT molecular complexity index is 1080. The number of para-hydroxylation sites is 1. The first-order chi connectivity index (χ1) is 13.5. The second kappa shape index (κ2) is 7.68. The van der Waals surface area contributed by atoms with Crippen molar-refractivity contribution in [1.29, 1.82) is 0 Å². The Kier molecular flexibility index (Phi) is 5.09. The molecule has 0 unspecified atom stereocenters. The van der Waals surface area contributed by atoms with Gasteiger partial charge in [0.1, 0.15) is 0 Å². The van der Waals surface area contributed by atoms with Gasteiger partial charge in [0.25, 0.3) is 0 Å². The lowest BCUT2D eigenvalue weighted by Crippen LogP contribution is -2.20. The van der Waals surface area contributed by atoms with Crippen LogP contribution in [0.2, 0.25) is 0 Å². The number of benzene rings is 3. The quantitative estimate of drug-likeness (QED) is 0.570. The summed E-state index contributed by atoms with van der Waals surface area (Å²) in [6, 6.07) is 18.4. The molecule has 142 valence electrons. The number of hydrogen-bond donors (Lipinski definition) is 2. The maximum absolute atomic E-state index is 12.6. The minimum atomic E-state index is -0.0252. The normalized spacial score (nSPS) is 12.6. The average Bonchev–Trinajstić information content (AvgIpc) is 2.68. The van der Waals surface area contributed by atoms with Crippen molar-refractivity contribution in [3.8, 4) is 0 Å². The molecule has 1 aliphatic heterocycles. The molecule has 2 N–H and O–H groups in total. The predicted octanol–water partition coefficient (Wildman–Crippen LogP) is 6.06. The number of nitrogens with one attached hydrogen (secondary N) is 2. The first-order valence-corrected chi connectivity index (χ1v) is 10.4. The minimum absolute atomic E-state index is 0.0252. The highest BCUT2D eigenvalue weighted by Crippen LogP contribution is 2.37. The van der Waals surface area contributed by atoms with Crippen molar-refractivity contribution in [3.63, 3.8) is 0 Å². The summed E-state index contributed by atoms with van der Waals surface area (Å²) in [6.07, 6.45) is 0. The molecule has 0 aromatic heterocycles. The average molecular weight is 390 g/mol. The Hall–Kier alpha value is -2.79. The fourth-order valence-electron chi connectivity index (χ4n) is 3.49. The van der Waals surface area contributed by atoms with Crippen molar-refractivity contribution >= 4 is 50.7 Å². The Balaban J connectivity index is 1.48. The molecule has 0 fully saturated rings. The molecule has 1 aliphatic rings. The molecule has 0 aliphatic carbocycles. The summed E-state index contributed by atoms with van der Waals surface area (Å²) in [6.45, 7) is 6.30. The molecule has 0 bridgehead atoms. The van der Waals surface area contributed by atoms with Gasteiger partial charge in [-0.25, -0.2) is 4.99 Å². The summed E-state index contributed by atoms with van der Waals surface area (Å²) in [5.74, 6) is 0.627. The molecule has 0 spiro atoms. The van der Waals surface area contributed by atoms with Crippen molar-refractivity contribution in [2.75, 3.05) is 16.4 Å². The van der Waals surface area contributed by atoms with Crippen LogP contribution >= 0.6 is 11.8 Å². The zero-order valence-electron chi connectivity index (χ0n) is 16.2. The van der Waals surface area contributed by atoms with Gasteiger partial charge in [-0.1, -0.05) is 68.1 Å². The third-order valence-electron chi connectivity index (χ3n) is 4.88. The molecule has 4 nitrogen and oxygen atoms in total. The number of hydrogen-bond acceptors (Lipinski definition) is 4. The smallest absolute Gasteiger partial charge is 0.234 e. The molecule has 1 heterocycles. The van der Waals surface area contributed by atoms with Gasteiger partial charge in [0, 0.05) is 11.1 Å². The number of rotatable bonds is 4. The van der Waals surface area contributed by atoms with Crippen LogP contribution in [0.1, 0.15) is 30.9 Å². The lowest BCUT2D eigenvalue weighted by atomic mass is 9.98. The van der Waals surface area contributed by atoms with E-state index in [0.717, 1.165) is 44.1 Å². The van der Waals surface area contributed by atoms with E-state index >= 15 is 0 Å². The van der Waals surface area contributed by atoms with Gasteiger partial charge in [0.05, 0.1) is 17.1 Å². The minimum Gasteiger partial charge on any atom is -0.334 e. The predicted molar refractivity (Wildman–Crippen MR) is 121 cm³/mol. The fraction of sp³-hybridized carbons (Fsp3) is 0.217. The summed E-state index contributed by atoms with van der Waals surface area (Å²) >= 11 is 1.42. The van der Waals surface area contributed by atoms with Crippen LogP contribution in [-0.2, 0) is 4.79 Å². The van der Waals surface area contributed by atoms with Crippen LogP contribution in [0, 0.1) is 6.92 Å². The van der Waals surface area contributed by atoms with E-state index in [2.05, 4.69) is 42.7 Å². The molecule has 0 saturated carbocycles. The monoisotopic (exact) mass is 389 g/mol. The number of aliphatic imine (C=N–C) groups is 1. The first kappa shape index (κ1) is 18.6. The fourth-order valence-corrected chi connectivity index (χ4v) is 4.18. The summed E-state index contributed by atoms with van der Waals surface area (Å²) < 4.78 is 0. The van der Waals surface area contributed by atoms with Crippen LogP contribution in [0.4, 0.5) is 17.1 Å². The van der Waals surface area contributed by atoms with E-state index in [4.69, 9.17) is 4.99 Å². The van der Waals surface area contributed by atoms with Gasteiger partial charge in [-0.3, -0.25) is 4.79 Å². The van der Waals surface area contributed by atoms with Gasteiger partial charge in [-0.15, -0.1) is 0 Å². The number of carbonyl (C=O) groups is 1. The highest BCUT2D eigenvalue weighted by molar-refractivity contribution is 8.14. The second-order valence-electron chi connectivity index (χ2n) is 7.25. The van der Waals surface area contributed by atoms with Gasteiger partial charge in [-0.05, 0) is 41.5 Å². The van der Waals surface area contributed by atoms with Crippen molar-refractivity contribution in [1.82, 2.24) is 0 Å². The van der Waals surface area contributed by atoms with Crippen LogP contribution < -0.4 is 10.6 Å². The standard InChI is InChI=1S/C23H23N3OS/c1-14(2)17-10-4-7-15(3)22(17)26-20(27)13-28-23-24-18-11-5-8-16-9-6-12-19(25-23)21(16)18/h4-12,14H,13H2,1-3H3,(H,24,25)(H,26,27). The van der Waals surface area contributed by atoms with Crippen molar-refractivity contribution in [2.45, 2.75) is 26.7 Å². The molecule has 0 radical (unpaired) electrons. The van der Waals surface area contributed by atoms with E-state index in [-0.39, 0.29) is 5.91 Å². The van der Waals surface area contributed by atoms with E-state index in [1.807, 2.05) is 43.3 Å². The maximum Gasteiger partial charge on any atom is 0.234 e. The number of amides is 1. The third-order valence-corrected chi connectivity index (χ3v) is 5.75.